The Labute approximate surface area is 63.3 Å². The molecule has 1 heterocycles. The number of hydrogen-bond acceptors (Lipinski definition) is 3. The predicted octanol–water partition coefficient (Wildman–Crippen LogP) is -0.399. The van der Waals surface area contributed by atoms with Crippen LogP contribution in [-0.2, 0) is 4.74 Å². The number of alkyl halides is 2. The molecule has 66 valence electrons. The van der Waals surface area contributed by atoms with Crippen molar-refractivity contribution in [2.24, 2.45) is 0 Å². The Kier molecular flexibility index (Phi) is 3.16. The second-order valence-corrected chi connectivity index (χ2v) is 2.49. The number of aliphatic hydroxyl groups is 1. The standard InChI is InChI=1S/C6H11F2NO2/c7-6(8)3-11-5-2-9-1-4(5)10/h4-6,9-10H,1-3H2/t4?,5-/m1/s1. The van der Waals surface area contributed by atoms with Crippen LogP contribution in [0.4, 0.5) is 8.78 Å². The SMILES string of the molecule is OC1CNC[C@H]1OCC(F)F. The first-order valence-electron chi connectivity index (χ1n) is 3.48. The molecule has 1 aliphatic heterocycles. The van der Waals surface area contributed by atoms with E-state index in [2.05, 4.69) is 5.32 Å². The molecule has 2 N–H and O–H groups in total. The molecule has 1 saturated heterocycles. The Morgan fingerprint density at radius 1 is 1.55 bits per heavy atom. The van der Waals surface area contributed by atoms with Crippen molar-refractivity contribution in [3.63, 3.8) is 0 Å². The van der Waals surface area contributed by atoms with Gasteiger partial charge in [-0.05, 0) is 0 Å². The fourth-order valence-corrected chi connectivity index (χ4v) is 1.01. The number of β-amino-alcohol motifs (C(OH)–C–C–N with tert-alkyl or cyclic N) is 1. The molecule has 0 aromatic rings. The smallest absolute Gasteiger partial charge is 0.261 e. The van der Waals surface area contributed by atoms with Crippen molar-refractivity contribution in [3.05, 3.63) is 0 Å². The van der Waals surface area contributed by atoms with Gasteiger partial charge in [-0.25, -0.2) is 8.78 Å². The molecule has 1 fully saturated rings. The molecular formula is C6H11F2NO2. The molecule has 0 saturated carbocycles. The van der Waals surface area contributed by atoms with Gasteiger partial charge in [0.15, 0.2) is 0 Å². The van der Waals surface area contributed by atoms with Crippen molar-refractivity contribution in [1.29, 1.82) is 0 Å². The summed E-state index contributed by atoms with van der Waals surface area (Å²) in [7, 11) is 0. The van der Waals surface area contributed by atoms with E-state index in [1.807, 2.05) is 0 Å². The summed E-state index contributed by atoms with van der Waals surface area (Å²) in [6.07, 6.45) is -3.57. The third-order valence-electron chi connectivity index (χ3n) is 1.56. The van der Waals surface area contributed by atoms with Crippen molar-refractivity contribution < 1.29 is 18.6 Å². The lowest BCUT2D eigenvalue weighted by Crippen LogP contribution is -2.28. The van der Waals surface area contributed by atoms with Crippen molar-refractivity contribution in [2.75, 3.05) is 19.7 Å². The summed E-state index contributed by atoms with van der Waals surface area (Å²) in [5.41, 5.74) is 0. The summed E-state index contributed by atoms with van der Waals surface area (Å²) in [5, 5.41) is 11.9. The third-order valence-corrected chi connectivity index (χ3v) is 1.56. The molecule has 0 bridgehead atoms. The quantitative estimate of drug-likeness (QED) is 0.601. The second-order valence-electron chi connectivity index (χ2n) is 2.49. The van der Waals surface area contributed by atoms with Crippen LogP contribution in [-0.4, -0.2) is 43.4 Å². The summed E-state index contributed by atoms with van der Waals surface area (Å²) < 4.78 is 27.9. The van der Waals surface area contributed by atoms with E-state index in [1.165, 1.54) is 0 Å². The Morgan fingerprint density at radius 3 is 2.73 bits per heavy atom. The summed E-state index contributed by atoms with van der Waals surface area (Å²) in [6, 6.07) is 0. The van der Waals surface area contributed by atoms with Crippen LogP contribution in [0.1, 0.15) is 0 Å². The normalized spacial score (nSPS) is 31.6. The second kappa shape index (κ2) is 3.94. The van der Waals surface area contributed by atoms with Gasteiger partial charge in [0.25, 0.3) is 6.43 Å². The van der Waals surface area contributed by atoms with E-state index in [-0.39, 0.29) is 0 Å². The minimum absolute atomic E-state index is 0.425. The highest BCUT2D eigenvalue weighted by Gasteiger charge is 2.26. The van der Waals surface area contributed by atoms with Crippen LogP contribution in [0.3, 0.4) is 0 Å². The van der Waals surface area contributed by atoms with Gasteiger partial charge in [-0.2, -0.15) is 0 Å². The minimum atomic E-state index is -2.46. The molecule has 11 heavy (non-hydrogen) atoms. The Bertz CT molecular complexity index is 123. The molecule has 5 heteroatoms. The predicted molar refractivity (Wildman–Crippen MR) is 34.6 cm³/mol. The summed E-state index contributed by atoms with van der Waals surface area (Å²) in [6.45, 7) is 0.283. The molecule has 0 radical (unpaired) electrons. The third kappa shape index (κ3) is 2.69. The zero-order valence-electron chi connectivity index (χ0n) is 5.96. The van der Waals surface area contributed by atoms with Crippen molar-refractivity contribution >= 4 is 0 Å². The summed E-state index contributed by atoms with van der Waals surface area (Å²) in [4.78, 5) is 0. The Morgan fingerprint density at radius 2 is 2.27 bits per heavy atom. The lowest BCUT2D eigenvalue weighted by Gasteiger charge is -2.13. The first-order chi connectivity index (χ1) is 5.20. The van der Waals surface area contributed by atoms with E-state index in [0.717, 1.165) is 0 Å². The van der Waals surface area contributed by atoms with Crippen LogP contribution in [0, 0.1) is 0 Å². The van der Waals surface area contributed by atoms with Crippen LogP contribution in [0.15, 0.2) is 0 Å². The molecule has 0 aromatic heterocycles. The highest BCUT2D eigenvalue weighted by molar-refractivity contribution is 4.81. The van der Waals surface area contributed by atoms with Crippen LogP contribution in [0.2, 0.25) is 0 Å². The van der Waals surface area contributed by atoms with Crippen molar-refractivity contribution in [1.82, 2.24) is 5.32 Å². The van der Waals surface area contributed by atoms with Gasteiger partial charge in [-0.15, -0.1) is 0 Å². The van der Waals surface area contributed by atoms with E-state index < -0.39 is 25.2 Å². The Balaban J connectivity index is 2.15. The first-order valence-corrected chi connectivity index (χ1v) is 3.48. The Hall–Kier alpha value is -0.260. The summed E-state index contributed by atoms with van der Waals surface area (Å²) in [5.74, 6) is 0. The van der Waals surface area contributed by atoms with Gasteiger partial charge in [0.1, 0.15) is 6.61 Å². The van der Waals surface area contributed by atoms with Gasteiger partial charge in [-0.3, -0.25) is 0 Å². The lowest BCUT2D eigenvalue weighted by molar-refractivity contribution is -0.0542. The van der Waals surface area contributed by atoms with Crippen LogP contribution < -0.4 is 5.32 Å². The number of halogens is 2. The van der Waals surface area contributed by atoms with Gasteiger partial charge in [-0.1, -0.05) is 0 Å². The maximum Gasteiger partial charge on any atom is 0.261 e. The van der Waals surface area contributed by atoms with E-state index >= 15 is 0 Å². The number of hydrogen-bond donors (Lipinski definition) is 2. The number of ether oxygens (including phenoxy) is 1. The number of rotatable bonds is 3. The molecule has 3 nitrogen and oxygen atoms in total. The minimum Gasteiger partial charge on any atom is -0.389 e. The van der Waals surface area contributed by atoms with Gasteiger partial charge in [0.05, 0.1) is 12.2 Å². The monoisotopic (exact) mass is 167 g/mol. The summed E-state index contributed by atoms with van der Waals surface area (Å²) >= 11 is 0. The van der Waals surface area contributed by atoms with E-state index in [0.29, 0.717) is 13.1 Å². The zero-order valence-corrected chi connectivity index (χ0v) is 5.96. The maximum atomic E-state index is 11.6. The molecule has 1 aliphatic rings. The molecule has 0 aromatic carbocycles. The molecule has 0 amide bonds. The zero-order chi connectivity index (χ0) is 8.27. The molecule has 1 unspecified atom stereocenters. The first kappa shape index (κ1) is 8.83. The van der Waals surface area contributed by atoms with Crippen LogP contribution >= 0.6 is 0 Å². The fourth-order valence-electron chi connectivity index (χ4n) is 1.01. The van der Waals surface area contributed by atoms with E-state index in [1.54, 1.807) is 0 Å². The van der Waals surface area contributed by atoms with Crippen LogP contribution in [0.25, 0.3) is 0 Å². The molecule has 2 atom stereocenters. The largest absolute Gasteiger partial charge is 0.389 e. The van der Waals surface area contributed by atoms with E-state index in [4.69, 9.17) is 9.84 Å². The number of nitrogens with one attached hydrogen (secondary N) is 1. The maximum absolute atomic E-state index is 11.6. The van der Waals surface area contributed by atoms with Gasteiger partial charge >= 0.3 is 0 Å². The molecule has 0 aliphatic carbocycles. The average molecular weight is 167 g/mol. The average Bonchev–Trinajstić information content (AvgIpc) is 2.31. The molecular weight excluding hydrogens is 156 g/mol. The van der Waals surface area contributed by atoms with Gasteiger partial charge in [0, 0.05) is 13.1 Å². The van der Waals surface area contributed by atoms with Crippen molar-refractivity contribution in [2.45, 2.75) is 18.6 Å². The van der Waals surface area contributed by atoms with Gasteiger partial charge in [0.2, 0.25) is 0 Å². The lowest BCUT2D eigenvalue weighted by atomic mass is 10.3. The highest BCUT2D eigenvalue weighted by Crippen LogP contribution is 2.06. The van der Waals surface area contributed by atoms with Gasteiger partial charge < -0.3 is 15.2 Å². The highest BCUT2D eigenvalue weighted by atomic mass is 19.3. The molecule has 0 spiro atoms. The number of aliphatic hydroxyl groups excluding tert-OH is 1. The fraction of sp³-hybridized carbons (Fsp3) is 1.00. The molecule has 1 rings (SSSR count). The topological polar surface area (TPSA) is 41.5 Å². The van der Waals surface area contributed by atoms with E-state index in [9.17, 15) is 8.78 Å². The van der Waals surface area contributed by atoms with Crippen LogP contribution in [0.5, 0.6) is 0 Å². The van der Waals surface area contributed by atoms with Crippen molar-refractivity contribution in [3.8, 4) is 0 Å².